The molecule has 6 nitrogen and oxygen atoms in total. The van der Waals surface area contributed by atoms with Crippen LogP contribution in [0, 0.1) is 5.82 Å². The van der Waals surface area contributed by atoms with Gasteiger partial charge in [0, 0.05) is 23.5 Å². The van der Waals surface area contributed by atoms with Crippen molar-refractivity contribution in [2.24, 2.45) is 0 Å². The predicted molar refractivity (Wildman–Crippen MR) is 92.6 cm³/mol. The molecule has 2 atom stereocenters. The maximum Gasteiger partial charge on any atom is 0.425 e. The molecular formula is C18H16F6N4O2. The first-order chi connectivity index (χ1) is 14.0. The highest BCUT2D eigenvalue weighted by atomic mass is 19.4. The standard InChI is InChI=1S/C18H16F6N4O2/c1-10(18(22,23)24)30-16-13(20)5-12(6-25-16)11-3-4-14-26-27-15(28(14)7-11)8-29-17(2,21)9-19/h3-7,10H,8-9H2,1-2H3/t10-,17?/m1/s1. The number of alkyl halides is 5. The first-order valence-electron chi connectivity index (χ1n) is 8.62. The number of pyridine rings is 2. The number of aromatic nitrogens is 4. The van der Waals surface area contributed by atoms with Gasteiger partial charge in [0.05, 0.1) is 0 Å². The smallest absolute Gasteiger partial charge is 0.425 e. The number of hydrogen-bond acceptors (Lipinski definition) is 5. The maximum atomic E-state index is 14.2. The lowest BCUT2D eigenvalue weighted by atomic mass is 10.1. The third-order valence-electron chi connectivity index (χ3n) is 4.10. The minimum atomic E-state index is -4.66. The molecule has 3 heterocycles. The van der Waals surface area contributed by atoms with Crippen LogP contribution in [0.1, 0.15) is 19.7 Å². The first kappa shape index (κ1) is 21.8. The van der Waals surface area contributed by atoms with Gasteiger partial charge in [-0.3, -0.25) is 4.40 Å². The summed E-state index contributed by atoms with van der Waals surface area (Å²) in [6.07, 6.45) is -4.27. The van der Waals surface area contributed by atoms with Crippen LogP contribution < -0.4 is 4.74 Å². The van der Waals surface area contributed by atoms with E-state index in [1.807, 2.05) is 0 Å². The fourth-order valence-electron chi connectivity index (χ4n) is 2.37. The van der Waals surface area contributed by atoms with Gasteiger partial charge in [-0.15, -0.1) is 10.2 Å². The van der Waals surface area contributed by atoms with Crippen molar-refractivity contribution in [3.8, 4) is 17.0 Å². The highest BCUT2D eigenvalue weighted by Crippen LogP contribution is 2.28. The summed E-state index contributed by atoms with van der Waals surface area (Å²) in [4.78, 5) is 3.62. The molecule has 12 heteroatoms. The Balaban J connectivity index is 1.86. The molecule has 0 aliphatic heterocycles. The van der Waals surface area contributed by atoms with Gasteiger partial charge >= 0.3 is 6.18 Å². The molecule has 1 unspecified atom stereocenters. The normalized spacial score (nSPS) is 15.2. The maximum absolute atomic E-state index is 14.2. The van der Waals surface area contributed by atoms with E-state index in [1.165, 1.54) is 16.7 Å². The van der Waals surface area contributed by atoms with Gasteiger partial charge in [0.2, 0.25) is 5.85 Å². The van der Waals surface area contributed by atoms with Crippen molar-refractivity contribution in [2.75, 3.05) is 6.67 Å². The minimum absolute atomic E-state index is 0.163. The summed E-state index contributed by atoms with van der Waals surface area (Å²) >= 11 is 0. The molecule has 0 radical (unpaired) electrons. The lowest BCUT2D eigenvalue weighted by Crippen LogP contribution is -2.31. The highest BCUT2D eigenvalue weighted by molar-refractivity contribution is 5.64. The quantitative estimate of drug-likeness (QED) is 0.515. The van der Waals surface area contributed by atoms with Gasteiger partial charge < -0.3 is 9.47 Å². The van der Waals surface area contributed by atoms with Crippen LogP contribution in [0.2, 0.25) is 0 Å². The van der Waals surface area contributed by atoms with Crippen LogP contribution in [-0.4, -0.2) is 44.4 Å². The molecular weight excluding hydrogens is 418 g/mol. The van der Waals surface area contributed by atoms with Gasteiger partial charge in [0.1, 0.15) is 13.3 Å². The summed E-state index contributed by atoms with van der Waals surface area (Å²) in [6, 6.07) is 4.06. The van der Waals surface area contributed by atoms with Crippen LogP contribution in [-0.2, 0) is 11.3 Å². The van der Waals surface area contributed by atoms with Crippen molar-refractivity contribution in [3.63, 3.8) is 0 Å². The molecule has 162 valence electrons. The highest BCUT2D eigenvalue weighted by Gasteiger charge is 2.38. The van der Waals surface area contributed by atoms with Crippen molar-refractivity contribution >= 4 is 5.65 Å². The van der Waals surface area contributed by atoms with Crippen LogP contribution in [0.15, 0.2) is 30.6 Å². The topological polar surface area (TPSA) is 61.5 Å². The molecule has 3 aromatic heterocycles. The monoisotopic (exact) mass is 434 g/mol. The lowest BCUT2D eigenvalue weighted by Gasteiger charge is -2.17. The Morgan fingerprint density at radius 3 is 2.50 bits per heavy atom. The Labute approximate surface area is 166 Å². The Kier molecular flexibility index (Phi) is 5.88. The number of ether oxygens (including phenoxy) is 2. The zero-order valence-corrected chi connectivity index (χ0v) is 15.8. The van der Waals surface area contributed by atoms with E-state index in [0.717, 1.165) is 26.1 Å². The molecule has 0 bridgehead atoms. The van der Waals surface area contributed by atoms with E-state index in [1.54, 1.807) is 6.07 Å². The van der Waals surface area contributed by atoms with Crippen molar-refractivity contribution in [1.82, 2.24) is 19.6 Å². The second kappa shape index (κ2) is 8.09. The fraction of sp³-hybridized carbons (Fsp3) is 0.389. The van der Waals surface area contributed by atoms with E-state index in [2.05, 4.69) is 19.9 Å². The third-order valence-corrected chi connectivity index (χ3v) is 4.10. The second-order valence-electron chi connectivity index (χ2n) is 6.60. The van der Waals surface area contributed by atoms with Crippen LogP contribution in [0.25, 0.3) is 16.8 Å². The van der Waals surface area contributed by atoms with E-state index in [0.29, 0.717) is 11.2 Å². The van der Waals surface area contributed by atoms with Gasteiger partial charge in [-0.25, -0.2) is 18.2 Å². The molecule has 0 aromatic carbocycles. The van der Waals surface area contributed by atoms with Crippen LogP contribution in [0.5, 0.6) is 5.88 Å². The number of halogens is 6. The molecule has 0 saturated carbocycles. The molecule has 3 aromatic rings. The van der Waals surface area contributed by atoms with Gasteiger partial charge in [-0.05, 0) is 32.0 Å². The molecule has 0 amide bonds. The average molecular weight is 434 g/mol. The Bertz CT molecular complexity index is 1040. The van der Waals surface area contributed by atoms with Crippen molar-refractivity contribution in [3.05, 3.63) is 42.2 Å². The molecule has 0 aliphatic rings. The predicted octanol–water partition coefficient (Wildman–Crippen LogP) is 4.43. The second-order valence-corrected chi connectivity index (χ2v) is 6.60. The minimum Gasteiger partial charge on any atom is -0.463 e. The Hall–Kier alpha value is -2.89. The number of fused-ring (bicyclic) bond motifs is 1. The van der Waals surface area contributed by atoms with Crippen LogP contribution >= 0.6 is 0 Å². The molecule has 0 fully saturated rings. The summed E-state index contributed by atoms with van der Waals surface area (Å²) < 4.78 is 88.9. The first-order valence-corrected chi connectivity index (χ1v) is 8.62. The number of hydrogen-bond donors (Lipinski definition) is 0. The van der Waals surface area contributed by atoms with Gasteiger partial charge in [-0.1, -0.05) is 0 Å². The SMILES string of the molecule is C[C@@H](Oc1ncc(-c2ccc3nnc(COC(C)(F)CF)n3c2)cc1F)C(F)(F)F. The van der Waals surface area contributed by atoms with E-state index < -0.39 is 36.5 Å². The molecule has 0 aliphatic carbocycles. The van der Waals surface area contributed by atoms with Gasteiger partial charge in [0.15, 0.2) is 23.4 Å². The van der Waals surface area contributed by atoms with E-state index in [9.17, 15) is 26.3 Å². The van der Waals surface area contributed by atoms with E-state index >= 15 is 0 Å². The van der Waals surface area contributed by atoms with Crippen LogP contribution in [0.4, 0.5) is 26.3 Å². The van der Waals surface area contributed by atoms with Crippen molar-refractivity contribution in [1.29, 1.82) is 0 Å². The summed E-state index contributed by atoms with van der Waals surface area (Å²) in [5, 5.41) is 7.71. The average Bonchev–Trinajstić information content (AvgIpc) is 3.09. The molecule has 0 spiro atoms. The Morgan fingerprint density at radius 1 is 1.13 bits per heavy atom. The summed E-state index contributed by atoms with van der Waals surface area (Å²) in [5.41, 5.74) is 1.02. The van der Waals surface area contributed by atoms with E-state index in [-0.39, 0.29) is 18.0 Å². The van der Waals surface area contributed by atoms with E-state index in [4.69, 9.17) is 4.74 Å². The number of rotatable bonds is 7. The fourth-order valence-corrected chi connectivity index (χ4v) is 2.37. The van der Waals surface area contributed by atoms with Gasteiger partial charge in [0.25, 0.3) is 5.88 Å². The third kappa shape index (κ3) is 4.81. The molecule has 0 N–H and O–H groups in total. The zero-order valence-electron chi connectivity index (χ0n) is 15.8. The Morgan fingerprint density at radius 2 is 1.87 bits per heavy atom. The van der Waals surface area contributed by atoms with Crippen molar-refractivity contribution in [2.45, 2.75) is 38.6 Å². The largest absolute Gasteiger partial charge is 0.463 e. The zero-order chi connectivity index (χ0) is 22.1. The summed E-state index contributed by atoms with van der Waals surface area (Å²) in [6.45, 7) is -0.0547. The van der Waals surface area contributed by atoms with Gasteiger partial charge in [-0.2, -0.15) is 13.2 Å². The lowest BCUT2D eigenvalue weighted by molar-refractivity contribution is -0.190. The van der Waals surface area contributed by atoms with Crippen LogP contribution in [0.3, 0.4) is 0 Å². The van der Waals surface area contributed by atoms with Crippen molar-refractivity contribution < 1.29 is 35.8 Å². The summed E-state index contributed by atoms with van der Waals surface area (Å²) in [5.74, 6) is -4.18. The number of nitrogens with zero attached hydrogens (tertiary/aromatic N) is 4. The summed E-state index contributed by atoms with van der Waals surface area (Å²) in [7, 11) is 0. The molecule has 30 heavy (non-hydrogen) atoms. The molecule has 3 rings (SSSR count). The molecule has 0 saturated heterocycles.